The Kier molecular flexibility index (Phi) is 7.15. The zero-order valence-corrected chi connectivity index (χ0v) is 51.4. The van der Waals surface area contributed by atoms with E-state index in [0.717, 1.165) is 26.5 Å². The van der Waals surface area contributed by atoms with Gasteiger partial charge in [-0.25, -0.2) is 9.97 Å². The van der Waals surface area contributed by atoms with Crippen LogP contribution in [0.1, 0.15) is 49.3 Å². The van der Waals surface area contributed by atoms with Crippen LogP contribution in [-0.4, -0.2) is 39.0 Å². The van der Waals surface area contributed by atoms with Crippen LogP contribution >= 0.6 is 0 Å². The topological polar surface area (TPSA) is 140 Å². The van der Waals surface area contributed by atoms with Crippen molar-refractivity contribution in [1.29, 1.82) is 0 Å². The first-order chi connectivity index (χ1) is 65.5. The fourth-order valence-electron chi connectivity index (χ4n) is 12.9. The minimum atomic E-state index is -0.964. The minimum Gasteiger partial charge on any atom is -0.456 e. The Hall–Kier alpha value is -14.1. The molecule has 0 bridgehead atoms. The molecule has 0 saturated heterocycles. The van der Waals surface area contributed by atoms with Crippen molar-refractivity contribution in [2.75, 3.05) is 0 Å². The van der Waals surface area contributed by atoms with Crippen LogP contribution in [0.3, 0.4) is 0 Å². The third-order valence-electron chi connectivity index (χ3n) is 17.3. The maximum atomic E-state index is 9.63. The number of hydrogen-bond acceptors (Lipinski definition) is 10. The van der Waals surface area contributed by atoms with Gasteiger partial charge in [0.25, 0.3) is 0 Å². The molecule has 0 saturated carbocycles. The molecular formula is C90H52N8O4. The SMILES string of the molecule is [2H]c1c([2H])c([2H])c(-c2nc(-c3c([2H])c([2H])c4c(oc5c([2H])c([2H])c([2H])c(-c6c([2H])c([2H])c([2H])c([2H])c6[2H])c54)c3[2H])nc(-n3c4c([2H])c([2H])c([2H])c([2H])c4c4c5c(oc6c([2H])c([2H])c([2H])c([2H])c65)c([2H])c([2H])c43)n2)c([2H])c1[2H].[2H]c1c([2H])c([2H])c2c(oc3c([2H])c([2H])c4c(c5c([2H])c([2H])c([2H])c([2H])c5n4-c4nc(-c5ccccc5)nc(-c5ccc6c(c5)oc5cccc(-c7ccccc7)c56)n4)c32)c1[2H]. The Labute approximate surface area is 630 Å². The highest BCUT2D eigenvalue weighted by Gasteiger charge is 2.26. The molecule has 0 unspecified atom stereocenters. The lowest BCUT2D eigenvalue weighted by atomic mass is 9.99. The summed E-state index contributed by atoms with van der Waals surface area (Å²) in [5.41, 5.74) is -2.35. The summed E-state index contributed by atoms with van der Waals surface area (Å²) < 4.78 is 345. The molecule has 8 heterocycles. The maximum absolute atomic E-state index is 9.63. The molecule has 0 spiro atoms. The fourth-order valence-corrected chi connectivity index (χ4v) is 12.9. The number of hydrogen-bond donors (Lipinski definition) is 0. The van der Waals surface area contributed by atoms with E-state index in [4.69, 9.17) is 66.9 Å². The fraction of sp³-hybridized carbons (Fsp3) is 0. The molecule has 12 nitrogen and oxygen atoms in total. The van der Waals surface area contributed by atoms with Crippen molar-refractivity contribution < 1.29 is 67.0 Å². The summed E-state index contributed by atoms with van der Waals surface area (Å²) >= 11 is 0. The molecule has 0 amide bonds. The Morgan fingerprint density at radius 2 is 0.716 bits per heavy atom. The molecule has 8 aromatic heterocycles. The number of aromatic nitrogens is 8. The molecule has 12 heteroatoms. The molecule has 0 radical (unpaired) electrons. The maximum Gasteiger partial charge on any atom is 0.238 e. The first-order valence-electron chi connectivity index (χ1n) is 49.0. The molecule has 14 aromatic carbocycles. The lowest BCUT2D eigenvalue weighted by Crippen LogP contribution is -2.06. The third kappa shape index (κ3) is 9.03. The minimum absolute atomic E-state index is 0.00504. The number of furan rings is 4. The van der Waals surface area contributed by atoms with Gasteiger partial charge in [0.2, 0.25) is 11.9 Å². The van der Waals surface area contributed by atoms with Crippen LogP contribution in [0.15, 0.2) is 332 Å². The predicted molar refractivity (Wildman–Crippen MR) is 410 cm³/mol. The highest BCUT2D eigenvalue weighted by atomic mass is 16.3. The van der Waals surface area contributed by atoms with Crippen molar-refractivity contribution >= 4 is 131 Å². The molecule has 0 atom stereocenters. The Balaban J connectivity index is 0.000000169. The van der Waals surface area contributed by atoms with Crippen molar-refractivity contribution in [2.24, 2.45) is 0 Å². The number of para-hydroxylation sites is 4. The third-order valence-corrected chi connectivity index (χ3v) is 17.3. The van der Waals surface area contributed by atoms with Crippen molar-refractivity contribution in [3.8, 4) is 79.7 Å². The highest BCUT2D eigenvalue weighted by molar-refractivity contribution is 6.29. The average molecular weight is 1350 g/mol. The molecule has 0 aliphatic rings. The first-order valence-corrected chi connectivity index (χ1v) is 31.0. The average Bonchev–Trinajstić information content (AvgIpc) is 1.52. The zero-order chi connectivity index (χ0) is 98.3. The molecule has 0 N–H and O–H groups in total. The molecular weight excluding hydrogens is 1260 g/mol. The van der Waals surface area contributed by atoms with Crippen LogP contribution in [0.2, 0.25) is 0 Å². The standard InChI is InChI=1S/2C45H26N4O2/c2*1-3-12-27(13-4-1)30-18-11-21-37-40(30)33-23-22-29(26-39(33)51-37)44-46-43(28-14-5-2-6-15-28)47-45(48-44)49-34-19-9-7-16-31(34)41-35(49)24-25-38-42(41)32-17-8-10-20-36(32)50-38/h2*1-26H/i1D,2D,3D,4D,5D,6D,7D,8D,9D,10D,11D,12D,13D,14D,15D,16D,17D,18D,19D,20D,21D,22D,23D,24D,25D,26D;7D,8D,9D,10D,16D,17D,19D,20D,24D,25D. The lowest BCUT2D eigenvalue weighted by Gasteiger charge is -2.11. The van der Waals surface area contributed by atoms with Crippen molar-refractivity contribution in [2.45, 2.75) is 0 Å². The van der Waals surface area contributed by atoms with Gasteiger partial charge in [-0.15, -0.1) is 0 Å². The largest absolute Gasteiger partial charge is 0.456 e. The smallest absolute Gasteiger partial charge is 0.238 e. The van der Waals surface area contributed by atoms with Gasteiger partial charge in [0.05, 0.1) is 71.4 Å². The molecule has 22 rings (SSSR count). The van der Waals surface area contributed by atoms with E-state index in [1.807, 2.05) is 84.9 Å². The normalized spacial score (nSPS) is 16.9. The zero-order valence-electron chi connectivity index (χ0n) is 87.4. The number of rotatable bonds is 8. The van der Waals surface area contributed by atoms with Gasteiger partial charge in [0.1, 0.15) is 44.7 Å². The van der Waals surface area contributed by atoms with E-state index in [1.165, 1.54) is 4.57 Å². The molecule has 0 fully saturated rings. The summed E-state index contributed by atoms with van der Waals surface area (Å²) in [4.78, 5) is 28.1. The second-order valence-electron chi connectivity index (χ2n) is 22.9. The number of fused-ring (bicyclic) bond motifs is 20. The van der Waals surface area contributed by atoms with Crippen molar-refractivity contribution in [3.05, 3.63) is 315 Å². The Morgan fingerprint density at radius 1 is 0.235 bits per heavy atom. The van der Waals surface area contributed by atoms with Gasteiger partial charge >= 0.3 is 0 Å². The van der Waals surface area contributed by atoms with Crippen LogP contribution in [0.5, 0.6) is 0 Å². The van der Waals surface area contributed by atoms with E-state index in [-0.39, 0.29) is 77.5 Å². The highest BCUT2D eigenvalue weighted by Crippen LogP contribution is 2.45. The number of nitrogens with zero attached hydrogens (tertiary/aromatic N) is 8. The molecule has 476 valence electrons. The Morgan fingerprint density at radius 3 is 1.34 bits per heavy atom. The second-order valence-corrected chi connectivity index (χ2v) is 22.9. The molecule has 102 heavy (non-hydrogen) atoms. The van der Waals surface area contributed by atoms with E-state index >= 15 is 0 Å². The monoisotopic (exact) mass is 1340 g/mol. The van der Waals surface area contributed by atoms with Gasteiger partial charge in [-0.05, 0) is 107 Å². The molecule has 0 aliphatic heterocycles. The van der Waals surface area contributed by atoms with E-state index in [9.17, 15) is 15.1 Å². The summed E-state index contributed by atoms with van der Waals surface area (Å²) in [5, 5.41) is -0.777. The summed E-state index contributed by atoms with van der Waals surface area (Å²) in [6.45, 7) is 0. The van der Waals surface area contributed by atoms with E-state index < -0.39 is 307 Å². The summed E-state index contributed by atoms with van der Waals surface area (Å²) in [7, 11) is 0. The number of benzene rings is 14. The van der Waals surface area contributed by atoms with Gasteiger partial charge in [0.15, 0.2) is 23.3 Å². The van der Waals surface area contributed by atoms with Gasteiger partial charge in [0, 0.05) is 86.9 Å². The van der Waals surface area contributed by atoms with Gasteiger partial charge in [-0.1, -0.05) is 230 Å². The van der Waals surface area contributed by atoms with Crippen LogP contribution in [-0.2, 0) is 0 Å². The van der Waals surface area contributed by atoms with Crippen molar-refractivity contribution in [3.63, 3.8) is 0 Å². The van der Waals surface area contributed by atoms with E-state index in [0.29, 0.717) is 22.3 Å². The van der Waals surface area contributed by atoms with Crippen molar-refractivity contribution in [1.82, 2.24) is 39.0 Å². The van der Waals surface area contributed by atoms with Crippen LogP contribution in [0.25, 0.3) is 211 Å². The van der Waals surface area contributed by atoms with E-state index in [1.54, 1.807) is 12.1 Å². The quantitative estimate of drug-likeness (QED) is 0.144. The lowest BCUT2D eigenvalue weighted by molar-refractivity contribution is 0.668. The summed E-state index contributed by atoms with van der Waals surface area (Å²) in [5.74, 6) is -2.27. The summed E-state index contributed by atoms with van der Waals surface area (Å²) in [6.07, 6.45) is 0. The second kappa shape index (κ2) is 22.7. The first kappa shape index (κ1) is 32.1. The molecule has 22 aromatic rings. The molecule has 0 aliphatic carbocycles. The van der Waals surface area contributed by atoms with Crippen LogP contribution in [0, 0.1) is 0 Å². The van der Waals surface area contributed by atoms with Crippen LogP contribution < -0.4 is 0 Å². The van der Waals surface area contributed by atoms with Crippen LogP contribution in [0.4, 0.5) is 0 Å². The van der Waals surface area contributed by atoms with Gasteiger partial charge < -0.3 is 17.7 Å². The van der Waals surface area contributed by atoms with Gasteiger partial charge in [-0.2, -0.15) is 19.9 Å². The summed E-state index contributed by atoms with van der Waals surface area (Å²) in [6, 6.07) is 3.77. The Bertz CT molecular complexity index is 9390. The predicted octanol–water partition coefficient (Wildman–Crippen LogP) is 23.5. The van der Waals surface area contributed by atoms with E-state index in [2.05, 4.69) is 15.0 Å². The van der Waals surface area contributed by atoms with Gasteiger partial charge in [-0.3, -0.25) is 9.13 Å².